The second kappa shape index (κ2) is 7.45. The van der Waals surface area contributed by atoms with Crippen LogP contribution >= 0.6 is 0 Å². The number of methoxy groups -OCH3 is 2. The first-order chi connectivity index (χ1) is 13.6. The molecule has 2 aromatic rings. The van der Waals surface area contributed by atoms with Gasteiger partial charge in [-0.05, 0) is 35.7 Å². The molecule has 28 heavy (non-hydrogen) atoms. The third-order valence-corrected chi connectivity index (χ3v) is 5.97. The molecule has 2 aliphatic heterocycles. The maximum atomic E-state index is 12.7. The van der Waals surface area contributed by atoms with Crippen molar-refractivity contribution < 1.29 is 19.4 Å². The zero-order valence-corrected chi connectivity index (χ0v) is 16.3. The standard InChI is InChI=1S/C22H26N2O4/c1-27-19-8-7-15(9-20(19)28-2)11-24-12-17(13-25)22(14-24)10-16-5-3-4-6-18(16)21(26)23-22/h3-9,17,25H,10-14H2,1-2H3,(H,23,26)/t17-,22+/m1/s1. The highest BCUT2D eigenvalue weighted by Gasteiger charge is 2.49. The maximum absolute atomic E-state index is 12.7. The molecular weight excluding hydrogens is 356 g/mol. The van der Waals surface area contributed by atoms with Gasteiger partial charge in [0.2, 0.25) is 0 Å². The van der Waals surface area contributed by atoms with E-state index in [4.69, 9.17) is 9.47 Å². The minimum Gasteiger partial charge on any atom is -0.493 e. The van der Waals surface area contributed by atoms with Gasteiger partial charge in [0.25, 0.3) is 5.91 Å². The molecule has 0 saturated carbocycles. The number of benzene rings is 2. The van der Waals surface area contributed by atoms with Crippen LogP contribution in [0.15, 0.2) is 42.5 Å². The maximum Gasteiger partial charge on any atom is 0.252 e. The van der Waals surface area contributed by atoms with Gasteiger partial charge in [0.1, 0.15) is 0 Å². The predicted molar refractivity (Wildman–Crippen MR) is 106 cm³/mol. The molecule has 148 valence electrons. The molecule has 0 unspecified atom stereocenters. The van der Waals surface area contributed by atoms with Gasteiger partial charge in [0.05, 0.1) is 19.8 Å². The molecular formula is C22H26N2O4. The van der Waals surface area contributed by atoms with Gasteiger partial charge in [-0.2, -0.15) is 0 Å². The zero-order valence-electron chi connectivity index (χ0n) is 16.3. The Morgan fingerprint density at radius 1 is 1.18 bits per heavy atom. The average molecular weight is 382 g/mol. The van der Waals surface area contributed by atoms with Crippen molar-refractivity contribution in [1.29, 1.82) is 0 Å². The lowest BCUT2D eigenvalue weighted by molar-refractivity contribution is 0.0817. The molecule has 1 fully saturated rings. The first-order valence-electron chi connectivity index (χ1n) is 9.53. The number of hydrogen-bond donors (Lipinski definition) is 2. The SMILES string of the molecule is COc1ccc(CN2C[C@H](CO)[C@]3(Cc4ccccc4C(=O)N3)C2)cc1OC. The Labute approximate surface area is 165 Å². The molecule has 4 rings (SSSR count). The highest BCUT2D eigenvalue weighted by Crippen LogP contribution is 2.36. The fourth-order valence-corrected chi connectivity index (χ4v) is 4.58. The number of nitrogens with zero attached hydrogens (tertiary/aromatic N) is 1. The lowest BCUT2D eigenvalue weighted by Crippen LogP contribution is -2.59. The van der Waals surface area contributed by atoms with E-state index < -0.39 is 5.54 Å². The summed E-state index contributed by atoms with van der Waals surface area (Å²) >= 11 is 0. The molecule has 6 nitrogen and oxygen atoms in total. The Bertz CT molecular complexity index is 885. The van der Waals surface area contributed by atoms with Crippen LogP contribution in [0.1, 0.15) is 21.5 Å². The molecule has 6 heteroatoms. The van der Waals surface area contributed by atoms with Crippen LogP contribution in [-0.2, 0) is 13.0 Å². The smallest absolute Gasteiger partial charge is 0.252 e. The van der Waals surface area contributed by atoms with Gasteiger partial charge in [0.15, 0.2) is 11.5 Å². The van der Waals surface area contributed by atoms with Crippen molar-refractivity contribution in [2.75, 3.05) is 33.9 Å². The van der Waals surface area contributed by atoms with E-state index in [9.17, 15) is 9.90 Å². The van der Waals surface area contributed by atoms with Gasteiger partial charge >= 0.3 is 0 Å². The third-order valence-electron chi connectivity index (χ3n) is 5.97. The highest BCUT2D eigenvalue weighted by molar-refractivity contribution is 5.97. The van der Waals surface area contributed by atoms with Gasteiger partial charge in [-0.15, -0.1) is 0 Å². The van der Waals surface area contributed by atoms with Gasteiger partial charge < -0.3 is 19.9 Å². The summed E-state index contributed by atoms with van der Waals surface area (Å²) in [7, 11) is 3.25. The number of nitrogens with one attached hydrogen (secondary N) is 1. The lowest BCUT2D eigenvalue weighted by atomic mass is 9.78. The Hall–Kier alpha value is -2.57. The summed E-state index contributed by atoms with van der Waals surface area (Å²) in [5.41, 5.74) is 2.46. The van der Waals surface area contributed by atoms with Gasteiger partial charge in [-0.25, -0.2) is 0 Å². The van der Waals surface area contributed by atoms with E-state index in [0.29, 0.717) is 18.0 Å². The molecule has 0 aliphatic carbocycles. The van der Waals surface area contributed by atoms with Crippen LogP contribution in [0.4, 0.5) is 0 Å². The monoisotopic (exact) mass is 382 g/mol. The Morgan fingerprint density at radius 2 is 1.96 bits per heavy atom. The quantitative estimate of drug-likeness (QED) is 0.826. The summed E-state index contributed by atoms with van der Waals surface area (Å²) in [4.78, 5) is 15.0. The summed E-state index contributed by atoms with van der Waals surface area (Å²) in [6, 6.07) is 13.6. The van der Waals surface area contributed by atoms with Crippen LogP contribution in [0, 0.1) is 5.92 Å². The zero-order chi connectivity index (χ0) is 19.7. The van der Waals surface area contributed by atoms with Crippen molar-refractivity contribution in [3.63, 3.8) is 0 Å². The number of likely N-dealkylation sites (tertiary alicyclic amines) is 1. The molecule has 1 spiro atoms. The van der Waals surface area contributed by atoms with Crippen molar-refractivity contribution >= 4 is 5.91 Å². The number of carbonyl (C=O) groups excluding carboxylic acids is 1. The van der Waals surface area contributed by atoms with Crippen molar-refractivity contribution in [3.05, 3.63) is 59.2 Å². The molecule has 0 aromatic heterocycles. The van der Waals surface area contributed by atoms with E-state index in [1.54, 1.807) is 14.2 Å². The molecule has 2 aromatic carbocycles. The molecule has 1 saturated heterocycles. The number of carbonyl (C=O) groups is 1. The number of aliphatic hydroxyl groups is 1. The van der Waals surface area contributed by atoms with E-state index in [-0.39, 0.29) is 18.4 Å². The van der Waals surface area contributed by atoms with Gasteiger partial charge in [-0.3, -0.25) is 9.69 Å². The van der Waals surface area contributed by atoms with E-state index in [0.717, 1.165) is 36.2 Å². The van der Waals surface area contributed by atoms with Crippen LogP contribution in [0.3, 0.4) is 0 Å². The van der Waals surface area contributed by atoms with Crippen molar-refractivity contribution in [2.24, 2.45) is 5.92 Å². The number of ether oxygens (including phenoxy) is 2. The Balaban J connectivity index is 1.56. The fraction of sp³-hybridized carbons (Fsp3) is 0.409. The van der Waals surface area contributed by atoms with Gasteiger partial charge in [-0.1, -0.05) is 24.3 Å². The summed E-state index contributed by atoms with van der Waals surface area (Å²) in [5.74, 6) is 1.35. The third kappa shape index (κ3) is 3.23. The second-order valence-corrected chi connectivity index (χ2v) is 7.68. The summed E-state index contributed by atoms with van der Waals surface area (Å²) in [5, 5.41) is 13.3. The minimum atomic E-state index is -0.434. The average Bonchev–Trinajstić information content (AvgIpc) is 3.03. The molecule has 2 N–H and O–H groups in total. The minimum absolute atomic E-state index is 0.00931. The normalized spacial score (nSPS) is 24.1. The Kier molecular flexibility index (Phi) is 5.00. The first kappa shape index (κ1) is 18.8. The van der Waals surface area contributed by atoms with E-state index in [1.165, 1.54) is 0 Å². The predicted octanol–water partition coefficient (Wildman–Crippen LogP) is 1.85. The fourth-order valence-electron chi connectivity index (χ4n) is 4.58. The Morgan fingerprint density at radius 3 is 2.71 bits per heavy atom. The van der Waals surface area contributed by atoms with E-state index in [1.807, 2.05) is 42.5 Å². The largest absolute Gasteiger partial charge is 0.493 e. The second-order valence-electron chi connectivity index (χ2n) is 7.68. The number of rotatable bonds is 5. The summed E-state index contributed by atoms with van der Waals surface area (Å²) in [6.07, 6.45) is 0.739. The molecule has 0 bridgehead atoms. The molecule has 2 aliphatic rings. The van der Waals surface area contributed by atoms with Crippen molar-refractivity contribution in [1.82, 2.24) is 10.2 Å². The van der Waals surface area contributed by atoms with E-state index in [2.05, 4.69) is 10.2 Å². The molecule has 2 atom stereocenters. The van der Waals surface area contributed by atoms with Crippen LogP contribution in [0.25, 0.3) is 0 Å². The topological polar surface area (TPSA) is 71.0 Å². The molecule has 0 radical (unpaired) electrons. The summed E-state index contributed by atoms with van der Waals surface area (Å²) < 4.78 is 10.7. The van der Waals surface area contributed by atoms with Crippen LogP contribution in [0.2, 0.25) is 0 Å². The number of hydrogen-bond acceptors (Lipinski definition) is 5. The number of amides is 1. The van der Waals surface area contributed by atoms with Crippen LogP contribution in [-0.4, -0.2) is 55.4 Å². The van der Waals surface area contributed by atoms with Crippen molar-refractivity contribution in [2.45, 2.75) is 18.5 Å². The lowest BCUT2D eigenvalue weighted by Gasteiger charge is -2.39. The molecule has 1 amide bonds. The van der Waals surface area contributed by atoms with Crippen LogP contribution in [0.5, 0.6) is 11.5 Å². The van der Waals surface area contributed by atoms with Crippen molar-refractivity contribution in [3.8, 4) is 11.5 Å². The summed E-state index contributed by atoms with van der Waals surface area (Å²) in [6.45, 7) is 2.20. The highest BCUT2D eigenvalue weighted by atomic mass is 16.5. The number of fused-ring (bicyclic) bond motifs is 1. The number of aliphatic hydroxyl groups excluding tert-OH is 1. The molecule has 2 heterocycles. The van der Waals surface area contributed by atoms with Crippen LogP contribution < -0.4 is 14.8 Å². The van der Waals surface area contributed by atoms with E-state index >= 15 is 0 Å². The first-order valence-corrected chi connectivity index (χ1v) is 9.53. The van der Waals surface area contributed by atoms with Gasteiger partial charge in [0, 0.05) is 37.7 Å².